The van der Waals surface area contributed by atoms with Crippen molar-refractivity contribution in [1.29, 1.82) is 0 Å². The Labute approximate surface area is 101 Å². The van der Waals surface area contributed by atoms with Crippen molar-refractivity contribution in [3.63, 3.8) is 0 Å². The average Bonchev–Trinajstić information content (AvgIpc) is 3.13. The van der Waals surface area contributed by atoms with Gasteiger partial charge in [-0.25, -0.2) is 0 Å². The number of nitrogen functional groups attached to an aromatic ring is 2. The molecule has 1 aromatic carbocycles. The molecule has 6 N–H and O–H groups in total. The summed E-state index contributed by atoms with van der Waals surface area (Å²) in [6, 6.07) is 5.42. The first kappa shape index (κ1) is 11.6. The van der Waals surface area contributed by atoms with Crippen molar-refractivity contribution in [2.45, 2.75) is 12.8 Å². The zero-order chi connectivity index (χ0) is 12.3. The van der Waals surface area contributed by atoms with Crippen LogP contribution in [0.3, 0.4) is 0 Å². The Hall–Kier alpha value is -1.91. The lowest BCUT2D eigenvalue weighted by molar-refractivity contribution is -0.122. The number of hydrogen-bond acceptors (Lipinski definition) is 4. The van der Waals surface area contributed by atoms with Crippen LogP contribution in [0, 0.1) is 5.92 Å². The van der Waals surface area contributed by atoms with Gasteiger partial charge in [-0.2, -0.15) is 0 Å². The van der Waals surface area contributed by atoms with E-state index < -0.39 is 0 Å². The molecule has 2 rings (SSSR count). The quantitative estimate of drug-likeness (QED) is 0.447. The summed E-state index contributed by atoms with van der Waals surface area (Å²) in [6.45, 7) is 1.31. The molecule has 0 radical (unpaired) electrons. The normalized spacial score (nSPS) is 14.4. The van der Waals surface area contributed by atoms with E-state index in [0.29, 0.717) is 24.5 Å². The van der Waals surface area contributed by atoms with Crippen LogP contribution in [-0.2, 0) is 4.79 Å². The maximum atomic E-state index is 11.3. The molecule has 17 heavy (non-hydrogen) atoms. The number of nitrogens with one attached hydrogen (secondary N) is 2. The van der Waals surface area contributed by atoms with Gasteiger partial charge in [0.1, 0.15) is 0 Å². The minimum atomic E-state index is 0.170. The summed E-state index contributed by atoms with van der Waals surface area (Å²) >= 11 is 0. The lowest BCUT2D eigenvalue weighted by atomic mass is 10.2. The molecular weight excluding hydrogens is 216 g/mol. The van der Waals surface area contributed by atoms with Gasteiger partial charge < -0.3 is 22.1 Å². The molecule has 1 saturated carbocycles. The second-order valence-corrected chi connectivity index (χ2v) is 4.34. The van der Waals surface area contributed by atoms with Gasteiger partial charge in [-0.05, 0) is 31.0 Å². The number of benzene rings is 1. The average molecular weight is 234 g/mol. The van der Waals surface area contributed by atoms with Crippen molar-refractivity contribution in [2.24, 2.45) is 5.92 Å². The zero-order valence-corrected chi connectivity index (χ0v) is 9.70. The van der Waals surface area contributed by atoms with E-state index in [9.17, 15) is 4.79 Å². The molecule has 0 unspecified atom stereocenters. The van der Waals surface area contributed by atoms with Crippen LogP contribution in [0.25, 0.3) is 0 Å². The third-order valence-corrected chi connectivity index (χ3v) is 2.79. The highest BCUT2D eigenvalue weighted by molar-refractivity contribution is 5.80. The Balaban J connectivity index is 1.70. The van der Waals surface area contributed by atoms with Gasteiger partial charge in [-0.15, -0.1) is 0 Å². The van der Waals surface area contributed by atoms with E-state index >= 15 is 0 Å². The molecule has 1 aromatic rings. The number of amides is 1. The van der Waals surface area contributed by atoms with Crippen molar-refractivity contribution >= 4 is 23.0 Å². The number of carbonyl (C=O) groups is 1. The molecular formula is C12H18N4O. The van der Waals surface area contributed by atoms with Crippen LogP contribution in [0.2, 0.25) is 0 Å². The van der Waals surface area contributed by atoms with Crippen molar-refractivity contribution in [1.82, 2.24) is 5.32 Å². The van der Waals surface area contributed by atoms with Crippen LogP contribution in [0.15, 0.2) is 18.2 Å². The molecule has 1 aliphatic rings. The van der Waals surface area contributed by atoms with Crippen molar-refractivity contribution in [3.8, 4) is 0 Å². The van der Waals surface area contributed by atoms with Crippen molar-refractivity contribution < 1.29 is 4.79 Å². The van der Waals surface area contributed by atoms with Crippen LogP contribution in [0.1, 0.15) is 12.8 Å². The van der Waals surface area contributed by atoms with Gasteiger partial charge in [0.25, 0.3) is 0 Å². The molecule has 92 valence electrons. The highest BCUT2D eigenvalue weighted by Gasteiger charge is 2.28. The Morgan fingerprint density at radius 1 is 1.24 bits per heavy atom. The molecule has 0 aliphatic heterocycles. The minimum absolute atomic E-state index is 0.170. The number of hydrogen-bond donors (Lipinski definition) is 4. The van der Waals surface area contributed by atoms with Crippen LogP contribution in [0.4, 0.5) is 17.1 Å². The van der Waals surface area contributed by atoms with E-state index in [1.165, 1.54) is 0 Å². The van der Waals surface area contributed by atoms with Crippen LogP contribution < -0.4 is 22.1 Å². The fourth-order valence-electron chi connectivity index (χ4n) is 1.57. The van der Waals surface area contributed by atoms with Gasteiger partial charge in [0.2, 0.25) is 5.91 Å². The minimum Gasteiger partial charge on any atom is -0.397 e. The summed E-state index contributed by atoms with van der Waals surface area (Å²) in [5, 5.41) is 6.06. The maximum absolute atomic E-state index is 11.3. The fourth-order valence-corrected chi connectivity index (χ4v) is 1.57. The van der Waals surface area contributed by atoms with Gasteiger partial charge >= 0.3 is 0 Å². The SMILES string of the molecule is Nc1ccc(NCCNC(=O)C2CC2)cc1N. The second-order valence-electron chi connectivity index (χ2n) is 4.34. The molecule has 0 heterocycles. The summed E-state index contributed by atoms with van der Waals surface area (Å²) in [7, 11) is 0. The Bertz CT molecular complexity index is 415. The fraction of sp³-hybridized carbons (Fsp3) is 0.417. The molecule has 0 atom stereocenters. The third kappa shape index (κ3) is 3.27. The van der Waals surface area contributed by atoms with Gasteiger partial charge in [-0.1, -0.05) is 0 Å². The molecule has 0 aromatic heterocycles. The van der Waals surface area contributed by atoms with Gasteiger partial charge in [0.05, 0.1) is 11.4 Å². The summed E-state index contributed by atoms with van der Waals surface area (Å²) in [5.41, 5.74) is 13.4. The number of carbonyl (C=O) groups excluding carboxylic acids is 1. The van der Waals surface area contributed by atoms with E-state index in [-0.39, 0.29) is 11.8 Å². The number of nitrogens with two attached hydrogens (primary N) is 2. The molecule has 1 amide bonds. The molecule has 1 fully saturated rings. The lowest BCUT2D eigenvalue weighted by Gasteiger charge is -2.09. The highest BCUT2D eigenvalue weighted by Crippen LogP contribution is 2.28. The standard InChI is InChI=1S/C12H18N4O/c13-10-4-3-9(7-11(10)14)15-5-6-16-12(17)8-1-2-8/h3-4,7-8,15H,1-2,5-6,13-14H2,(H,16,17). The van der Waals surface area contributed by atoms with Gasteiger partial charge in [0, 0.05) is 24.7 Å². The van der Waals surface area contributed by atoms with E-state index in [2.05, 4.69) is 10.6 Å². The predicted molar refractivity (Wildman–Crippen MR) is 69.5 cm³/mol. The molecule has 5 heteroatoms. The van der Waals surface area contributed by atoms with Crippen molar-refractivity contribution in [2.75, 3.05) is 29.9 Å². The molecule has 0 saturated heterocycles. The lowest BCUT2D eigenvalue weighted by Crippen LogP contribution is -2.29. The topological polar surface area (TPSA) is 93.2 Å². The van der Waals surface area contributed by atoms with E-state index in [4.69, 9.17) is 11.5 Å². The van der Waals surface area contributed by atoms with Crippen LogP contribution in [0.5, 0.6) is 0 Å². The first-order chi connectivity index (χ1) is 8.16. The van der Waals surface area contributed by atoms with Crippen LogP contribution >= 0.6 is 0 Å². The largest absolute Gasteiger partial charge is 0.397 e. The molecule has 5 nitrogen and oxygen atoms in total. The summed E-state index contributed by atoms with van der Waals surface area (Å²) in [5.74, 6) is 0.436. The monoisotopic (exact) mass is 234 g/mol. The second kappa shape index (κ2) is 4.95. The first-order valence-corrected chi connectivity index (χ1v) is 5.83. The summed E-state index contributed by atoms with van der Waals surface area (Å²) in [6.07, 6.45) is 2.07. The van der Waals surface area contributed by atoms with Gasteiger partial charge in [0.15, 0.2) is 0 Å². The molecule has 0 spiro atoms. The van der Waals surface area contributed by atoms with Gasteiger partial charge in [-0.3, -0.25) is 4.79 Å². The number of anilines is 3. The third-order valence-electron chi connectivity index (χ3n) is 2.79. The Morgan fingerprint density at radius 3 is 2.65 bits per heavy atom. The Kier molecular flexibility index (Phi) is 3.37. The number of rotatable bonds is 5. The molecule has 1 aliphatic carbocycles. The first-order valence-electron chi connectivity index (χ1n) is 5.83. The Morgan fingerprint density at radius 2 is 2.00 bits per heavy atom. The van der Waals surface area contributed by atoms with E-state index in [1.807, 2.05) is 6.07 Å². The summed E-state index contributed by atoms with van der Waals surface area (Å²) in [4.78, 5) is 11.3. The zero-order valence-electron chi connectivity index (χ0n) is 9.70. The van der Waals surface area contributed by atoms with E-state index in [1.54, 1.807) is 12.1 Å². The maximum Gasteiger partial charge on any atom is 0.223 e. The predicted octanol–water partition coefficient (Wildman–Crippen LogP) is 0.789. The van der Waals surface area contributed by atoms with Crippen molar-refractivity contribution in [3.05, 3.63) is 18.2 Å². The molecule has 0 bridgehead atoms. The van der Waals surface area contributed by atoms with Crippen LogP contribution in [-0.4, -0.2) is 19.0 Å². The highest BCUT2D eigenvalue weighted by atomic mass is 16.2. The smallest absolute Gasteiger partial charge is 0.223 e. The summed E-state index contributed by atoms with van der Waals surface area (Å²) < 4.78 is 0. The van der Waals surface area contributed by atoms with E-state index in [0.717, 1.165) is 18.5 Å².